The van der Waals surface area contributed by atoms with Crippen LogP contribution in [0.1, 0.15) is 0 Å². The molecule has 4 rings (SSSR count). The van der Waals surface area contributed by atoms with Crippen LogP contribution >= 0.6 is 0 Å². The number of aromatic amines is 1. The maximum absolute atomic E-state index is 4.53. The van der Waals surface area contributed by atoms with E-state index >= 15 is 0 Å². The summed E-state index contributed by atoms with van der Waals surface area (Å²) in [6.45, 7) is 3.43. The number of benzene rings is 1. The van der Waals surface area contributed by atoms with E-state index < -0.39 is 0 Å². The molecule has 0 spiro atoms. The number of guanidine groups is 2. The smallest absolute Gasteiger partial charge is 0.205 e. The second-order valence-electron chi connectivity index (χ2n) is 4.89. The maximum atomic E-state index is 4.53. The van der Waals surface area contributed by atoms with Crippen LogP contribution in [-0.2, 0) is 0 Å². The molecule has 0 fully saturated rings. The third-order valence-corrected chi connectivity index (χ3v) is 3.56. The summed E-state index contributed by atoms with van der Waals surface area (Å²) in [6, 6.07) is 8.32. The standard InChI is InChI=1S/C14H16N6/c1-2-12-10(3-4-15-12)9-11(1)19-14-18-7-8-20(14)13-16-5-6-17-13/h1-4,9,15H,5-8H2,(H,16,17)(H,18,19). The van der Waals surface area contributed by atoms with Crippen molar-refractivity contribution in [2.75, 3.05) is 31.5 Å². The van der Waals surface area contributed by atoms with E-state index in [1.165, 1.54) is 5.39 Å². The second kappa shape index (κ2) is 4.56. The van der Waals surface area contributed by atoms with Crippen LogP contribution in [0.15, 0.2) is 40.4 Å². The number of nitrogens with zero attached hydrogens (tertiary/aromatic N) is 3. The van der Waals surface area contributed by atoms with Gasteiger partial charge in [0.15, 0.2) is 0 Å². The molecular weight excluding hydrogens is 252 g/mol. The third kappa shape index (κ3) is 1.89. The third-order valence-electron chi connectivity index (χ3n) is 3.56. The predicted octanol–water partition coefficient (Wildman–Crippen LogP) is 1.21. The minimum atomic E-state index is 0.801. The number of hydrogen-bond acceptors (Lipinski definition) is 5. The van der Waals surface area contributed by atoms with E-state index in [2.05, 4.69) is 54.8 Å². The Hall–Kier alpha value is -2.50. The van der Waals surface area contributed by atoms with E-state index in [9.17, 15) is 0 Å². The van der Waals surface area contributed by atoms with Crippen LogP contribution in [0.5, 0.6) is 0 Å². The number of rotatable bonds is 1. The molecule has 20 heavy (non-hydrogen) atoms. The van der Waals surface area contributed by atoms with Gasteiger partial charge in [0.25, 0.3) is 0 Å². The molecule has 2 aliphatic heterocycles. The maximum Gasteiger partial charge on any atom is 0.205 e. The van der Waals surface area contributed by atoms with Crippen molar-refractivity contribution in [2.24, 2.45) is 9.98 Å². The van der Waals surface area contributed by atoms with Crippen molar-refractivity contribution in [3.63, 3.8) is 0 Å². The number of anilines is 1. The van der Waals surface area contributed by atoms with Gasteiger partial charge < -0.3 is 15.6 Å². The number of nitrogens with one attached hydrogen (secondary N) is 3. The summed E-state index contributed by atoms with van der Waals surface area (Å²) in [5, 5.41) is 7.87. The van der Waals surface area contributed by atoms with Crippen LogP contribution in [0.2, 0.25) is 0 Å². The topological polar surface area (TPSA) is 67.8 Å². The summed E-state index contributed by atoms with van der Waals surface area (Å²) in [4.78, 5) is 14.3. The van der Waals surface area contributed by atoms with Crippen LogP contribution in [0.3, 0.4) is 0 Å². The highest BCUT2D eigenvalue weighted by molar-refractivity contribution is 6.07. The molecule has 2 aromatic rings. The molecule has 2 aliphatic rings. The summed E-state index contributed by atoms with van der Waals surface area (Å²) in [7, 11) is 0. The highest BCUT2D eigenvalue weighted by atomic mass is 15.4. The van der Waals surface area contributed by atoms with E-state index in [1.807, 2.05) is 6.20 Å². The zero-order valence-corrected chi connectivity index (χ0v) is 11.1. The van der Waals surface area contributed by atoms with Gasteiger partial charge in [0.2, 0.25) is 11.9 Å². The Balaban J connectivity index is 1.57. The second-order valence-corrected chi connectivity index (χ2v) is 4.89. The fraction of sp³-hybridized carbons (Fsp3) is 0.286. The zero-order valence-electron chi connectivity index (χ0n) is 11.1. The lowest BCUT2D eigenvalue weighted by molar-refractivity contribution is 0.642. The largest absolute Gasteiger partial charge is 0.361 e. The molecule has 1 aromatic carbocycles. The van der Waals surface area contributed by atoms with Crippen molar-refractivity contribution in [1.29, 1.82) is 0 Å². The fourth-order valence-electron chi connectivity index (χ4n) is 2.59. The lowest BCUT2D eigenvalue weighted by atomic mass is 10.2. The molecule has 6 heteroatoms. The van der Waals surface area contributed by atoms with Crippen LogP contribution in [0.4, 0.5) is 5.69 Å². The Kier molecular flexibility index (Phi) is 2.58. The minimum absolute atomic E-state index is 0.801. The van der Waals surface area contributed by atoms with Crippen LogP contribution in [0.25, 0.3) is 10.9 Å². The number of hydrogen-bond donors (Lipinski definition) is 3. The van der Waals surface area contributed by atoms with Gasteiger partial charge >= 0.3 is 0 Å². The lowest BCUT2D eigenvalue weighted by Crippen LogP contribution is -2.43. The summed E-state index contributed by atoms with van der Waals surface area (Å²) in [5.41, 5.74) is 2.18. The quantitative estimate of drug-likeness (QED) is 0.728. The van der Waals surface area contributed by atoms with Crippen LogP contribution in [-0.4, -0.2) is 48.0 Å². The highest BCUT2D eigenvalue weighted by Gasteiger charge is 2.23. The Morgan fingerprint density at radius 1 is 1.15 bits per heavy atom. The van der Waals surface area contributed by atoms with Crippen molar-refractivity contribution in [3.05, 3.63) is 30.5 Å². The van der Waals surface area contributed by atoms with E-state index in [-0.39, 0.29) is 0 Å². The average molecular weight is 268 g/mol. The number of fused-ring (bicyclic) bond motifs is 1. The van der Waals surface area contributed by atoms with Gasteiger partial charge in [-0.05, 0) is 24.3 Å². The highest BCUT2D eigenvalue weighted by Crippen LogP contribution is 2.19. The van der Waals surface area contributed by atoms with Gasteiger partial charge in [-0.3, -0.25) is 14.9 Å². The predicted molar refractivity (Wildman–Crippen MR) is 81.2 cm³/mol. The molecule has 0 bridgehead atoms. The van der Waals surface area contributed by atoms with Crippen molar-refractivity contribution in [2.45, 2.75) is 0 Å². The summed E-state index contributed by atoms with van der Waals surface area (Å²) in [6.07, 6.45) is 1.95. The van der Waals surface area contributed by atoms with Gasteiger partial charge in [-0.15, -0.1) is 0 Å². The molecule has 102 valence electrons. The number of aliphatic imine (C=N–C) groups is 2. The Morgan fingerprint density at radius 3 is 3.05 bits per heavy atom. The van der Waals surface area contributed by atoms with E-state index in [1.54, 1.807) is 0 Å². The number of H-pyrrole nitrogens is 1. The van der Waals surface area contributed by atoms with E-state index in [0.29, 0.717) is 0 Å². The molecule has 0 saturated heterocycles. The molecule has 0 unspecified atom stereocenters. The summed E-state index contributed by atoms with van der Waals surface area (Å²) >= 11 is 0. The molecule has 6 nitrogen and oxygen atoms in total. The van der Waals surface area contributed by atoms with Crippen molar-refractivity contribution >= 4 is 28.5 Å². The molecule has 3 heterocycles. The van der Waals surface area contributed by atoms with Crippen LogP contribution < -0.4 is 10.6 Å². The van der Waals surface area contributed by atoms with Crippen molar-refractivity contribution in [1.82, 2.24) is 15.2 Å². The van der Waals surface area contributed by atoms with Crippen molar-refractivity contribution < 1.29 is 0 Å². The first-order valence-corrected chi connectivity index (χ1v) is 6.85. The average Bonchev–Trinajstić information content (AvgIpc) is 3.19. The first-order chi connectivity index (χ1) is 9.90. The zero-order chi connectivity index (χ0) is 13.4. The van der Waals surface area contributed by atoms with Gasteiger partial charge in [-0.1, -0.05) is 0 Å². The molecule has 0 atom stereocenters. The molecule has 1 aromatic heterocycles. The van der Waals surface area contributed by atoms with Gasteiger partial charge in [0.05, 0.1) is 13.1 Å². The molecule has 3 N–H and O–H groups in total. The monoisotopic (exact) mass is 268 g/mol. The Bertz CT molecular complexity index is 699. The molecule has 0 aliphatic carbocycles. The van der Waals surface area contributed by atoms with Gasteiger partial charge in [-0.25, -0.2) is 0 Å². The molecular formula is C14H16N6. The molecule has 0 radical (unpaired) electrons. The molecule has 0 saturated carbocycles. The summed E-state index contributed by atoms with van der Waals surface area (Å²) < 4.78 is 0. The van der Waals surface area contributed by atoms with E-state index in [4.69, 9.17) is 0 Å². The van der Waals surface area contributed by atoms with Gasteiger partial charge in [0.1, 0.15) is 0 Å². The molecule has 0 amide bonds. The van der Waals surface area contributed by atoms with Gasteiger partial charge in [0, 0.05) is 35.9 Å². The summed E-state index contributed by atoms with van der Waals surface area (Å²) in [5.74, 6) is 1.80. The Morgan fingerprint density at radius 2 is 2.15 bits per heavy atom. The Labute approximate surface area is 116 Å². The first-order valence-electron chi connectivity index (χ1n) is 6.85. The minimum Gasteiger partial charge on any atom is -0.361 e. The first kappa shape index (κ1) is 11.3. The van der Waals surface area contributed by atoms with Crippen molar-refractivity contribution in [3.8, 4) is 0 Å². The SMILES string of the molecule is c1cc2cc(NC3=NCCN3C3=NCCN3)ccc2[nH]1. The van der Waals surface area contributed by atoms with Crippen LogP contribution in [0, 0.1) is 0 Å². The lowest BCUT2D eigenvalue weighted by Gasteiger charge is -2.20. The van der Waals surface area contributed by atoms with E-state index in [0.717, 1.165) is 49.3 Å². The fourth-order valence-corrected chi connectivity index (χ4v) is 2.59. The van der Waals surface area contributed by atoms with Gasteiger partial charge in [-0.2, -0.15) is 0 Å². The normalized spacial score (nSPS) is 18.1. The number of aromatic nitrogens is 1.